The van der Waals surface area contributed by atoms with E-state index in [1.165, 1.54) is 11.1 Å². The molecule has 1 unspecified atom stereocenters. The summed E-state index contributed by atoms with van der Waals surface area (Å²) in [4.78, 5) is 10.1. The number of aromatic nitrogens is 2. The van der Waals surface area contributed by atoms with Gasteiger partial charge in [0, 0.05) is 17.6 Å². The summed E-state index contributed by atoms with van der Waals surface area (Å²) in [7, 11) is 1.72. The smallest absolute Gasteiger partial charge is 0.148 e. The highest BCUT2D eigenvalue weighted by molar-refractivity contribution is 5.72. The molecule has 0 radical (unpaired) electrons. The average Bonchev–Trinajstić information content (AvgIpc) is 3.10. The Morgan fingerprint density at radius 2 is 1.82 bits per heavy atom. The van der Waals surface area contributed by atoms with Gasteiger partial charge >= 0.3 is 0 Å². The highest BCUT2D eigenvalue weighted by Crippen LogP contribution is 2.40. The van der Waals surface area contributed by atoms with Crippen LogP contribution < -0.4 is 15.8 Å². The summed E-state index contributed by atoms with van der Waals surface area (Å²) >= 11 is 0. The number of ether oxygens (including phenoxy) is 1. The average molecular weight is 383 g/mol. The molecule has 0 saturated heterocycles. The van der Waals surface area contributed by atoms with E-state index in [-0.39, 0.29) is 6.04 Å². The summed E-state index contributed by atoms with van der Waals surface area (Å²) in [5.41, 5.74) is 12.8. The predicted octanol–water partition coefficient (Wildman–Crippen LogP) is 4.82. The number of nitrogens with one attached hydrogen (secondary N) is 1. The molecule has 1 aliphatic carbocycles. The van der Waals surface area contributed by atoms with Crippen LogP contribution in [0.2, 0.25) is 0 Å². The van der Waals surface area contributed by atoms with Crippen LogP contribution in [0, 0.1) is 0 Å². The zero-order chi connectivity index (χ0) is 20.3. The Balaban J connectivity index is 2.12. The molecule has 0 spiro atoms. The lowest BCUT2D eigenvalue weighted by molar-refractivity contribution is 0.415. The van der Waals surface area contributed by atoms with Crippen molar-refractivity contribution >= 4 is 5.82 Å². The van der Waals surface area contributed by atoms with E-state index in [0.717, 1.165) is 72.7 Å². The van der Waals surface area contributed by atoms with E-state index >= 15 is 0 Å². The van der Waals surface area contributed by atoms with Crippen molar-refractivity contribution in [2.24, 2.45) is 5.73 Å². The van der Waals surface area contributed by atoms with E-state index in [4.69, 9.17) is 20.4 Å². The van der Waals surface area contributed by atoms with Gasteiger partial charge in [0.2, 0.25) is 0 Å². The summed E-state index contributed by atoms with van der Waals surface area (Å²) in [6.07, 6.45) is 5.81. The van der Waals surface area contributed by atoms with Crippen LogP contribution in [0.4, 0.5) is 5.82 Å². The second-order valence-electron chi connectivity index (χ2n) is 7.58. The lowest BCUT2D eigenvalue weighted by Gasteiger charge is -2.20. The normalized spacial score (nSPS) is 15.8. The number of fused-ring (bicyclic) bond motifs is 1. The minimum absolute atomic E-state index is 0.104. The fourth-order valence-corrected chi connectivity index (χ4v) is 4.04. The van der Waals surface area contributed by atoms with E-state index in [0.29, 0.717) is 6.04 Å². The van der Waals surface area contributed by atoms with Crippen LogP contribution in [0.25, 0.3) is 11.3 Å². The molecule has 1 aliphatic rings. The molecule has 0 amide bonds. The van der Waals surface area contributed by atoms with Crippen molar-refractivity contribution < 1.29 is 4.74 Å². The molecule has 0 saturated carbocycles. The Labute approximate surface area is 169 Å². The first-order chi connectivity index (χ1) is 13.6. The van der Waals surface area contributed by atoms with Gasteiger partial charge in [-0.3, -0.25) is 0 Å². The molecule has 0 aliphatic heterocycles. The molecular weight excluding hydrogens is 348 g/mol. The molecule has 3 rings (SSSR count). The lowest BCUT2D eigenvalue weighted by atomic mass is 9.99. The van der Waals surface area contributed by atoms with Gasteiger partial charge in [-0.05, 0) is 61.8 Å². The molecule has 5 heteroatoms. The Morgan fingerprint density at radius 1 is 1.11 bits per heavy atom. The van der Waals surface area contributed by atoms with Gasteiger partial charge in [0.1, 0.15) is 11.6 Å². The number of rotatable bonds is 8. The minimum atomic E-state index is 0.104. The van der Waals surface area contributed by atoms with Gasteiger partial charge in [-0.25, -0.2) is 9.97 Å². The number of benzene rings is 1. The van der Waals surface area contributed by atoms with Gasteiger partial charge < -0.3 is 15.8 Å². The molecule has 2 aromatic rings. The Bertz CT molecular complexity index is 830. The number of hydrogen-bond donors (Lipinski definition) is 2. The van der Waals surface area contributed by atoms with Crippen LogP contribution in [0.15, 0.2) is 12.1 Å². The summed E-state index contributed by atoms with van der Waals surface area (Å²) in [6, 6.07) is 4.85. The zero-order valence-electron chi connectivity index (χ0n) is 17.9. The van der Waals surface area contributed by atoms with Crippen molar-refractivity contribution in [1.82, 2.24) is 9.97 Å². The van der Waals surface area contributed by atoms with Crippen molar-refractivity contribution in [1.29, 1.82) is 0 Å². The third-order valence-electron chi connectivity index (χ3n) is 5.88. The van der Waals surface area contributed by atoms with Crippen LogP contribution in [0.3, 0.4) is 0 Å². The summed E-state index contributed by atoms with van der Waals surface area (Å²) in [6.45, 7) is 8.68. The summed E-state index contributed by atoms with van der Waals surface area (Å²) < 4.78 is 5.74. The third-order valence-corrected chi connectivity index (χ3v) is 5.88. The molecule has 152 valence electrons. The van der Waals surface area contributed by atoms with E-state index in [1.807, 2.05) is 0 Å². The van der Waals surface area contributed by atoms with Gasteiger partial charge in [0.05, 0.1) is 24.2 Å². The Hall–Kier alpha value is -2.14. The molecule has 1 aromatic carbocycles. The minimum Gasteiger partial charge on any atom is -0.496 e. The first-order valence-corrected chi connectivity index (χ1v) is 10.7. The molecule has 0 fully saturated rings. The maximum atomic E-state index is 6.26. The Morgan fingerprint density at radius 3 is 2.43 bits per heavy atom. The number of methoxy groups -OCH3 is 1. The van der Waals surface area contributed by atoms with Gasteiger partial charge in [0.15, 0.2) is 0 Å². The van der Waals surface area contributed by atoms with Crippen LogP contribution in [0.1, 0.15) is 75.5 Å². The summed E-state index contributed by atoms with van der Waals surface area (Å²) in [5.74, 6) is 1.77. The predicted molar refractivity (Wildman–Crippen MR) is 116 cm³/mol. The van der Waals surface area contributed by atoms with Gasteiger partial charge in [0.25, 0.3) is 0 Å². The van der Waals surface area contributed by atoms with Gasteiger partial charge in [-0.15, -0.1) is 0 Å². The van der Waals surface area contributed by atoms with Crippen molar-refractivity contribution in [3.05, 3.63) is 34.6 Å². The maximum absolute atomic E-state index is 6.26. The fraction of sp³-hybridized carbons (Fsp3) is 0.565. The standard InChI is InChI=1S/C23H34N4O/c1-6-15(7-2)25-23-20(9-4)26-22(19(8-3)27-23)17-12-14-10-11-18(24)16(14)13-21(17)28-5/h12-13,15,18H,6-11,24H2,1-5H3,(H,25,27). The van der Waals surface area contributed by atoms with Gasteiger partial charge in [-0.2, -0.15) is 0 Å². The SMILES string of the molecule is CCc1nc(-c2cc3c(cc2OC)C(N)CC3)c(CC)nc1NC(CC)CC. The van der Waals surface area contributed by atoms with Gasteiger partial charge in [-0.1, -0.05) is 27.7 Å². The number of nitrogens with zero attached hydrogens (tertiary/aromatic N) is 2. The molecule has 1 heterocycles. The second-order valence-corrected chi connectivity index (χ2v) is 7.58. The molecule has 1 aromatic heterocycles. The van der Waals surface area contributed by atoms with Crippen molar-refractivity contribution in [3.63, 3.8) is 0 Å². The van der Waals surface area contributed by atoms with Crippen molar-refractivity contribution in [2.75, 3.05) is 12.4 Å². The van der Waals surface area contributed by atoms with E-state index in [1.54, 1.807) is 7.11 Å². The zero-order valence-corrected chi connectivity index (χ0v) is 17.9. The van der Waals surface area contributed by atoms with Crippen LogP contribution in [0.5, 0.6) is 5.75 Å². The first kappa shape index (κ1) is 20.6. The van der Waals surface area contributed by atoms with Crippen LogP contribution >= 0.6 is 0 Å². The molecular formula is C23H34N4O. The number of anilines is 1. The molecule has 5 nitrogen and oxygen atoms in total. The molecule has 28 heavy (non-hydrogen) atoms. The second kappa shape index (κ2) is 8.91. The quantitative estimate of drug-likeness (QED) is 0.684. The Kier molecular flexibility index (Phi) is 6.55. The molecule has 0 bridgehead atoms. The number of nitrogens with two attached hydrogens (primary N) is 1. The van der Waals surface area contributed by atoms with E-state index < -0.39 is 0 Å². The van der Waals surface area contributed by atoms with E-state index in [2.05, 4.69) is 45.1 Å². The topological polar surface area (TPSA) is 73.1 Å². The van der Waals surface area contributed by atoms with Crippen LogP contribution in [-0.4, -0.2) is 23.1 Å². The number of aryl methyl sites for hydroxylation is 3. The highest BCUT2D eigenvalue weighted by atomic mass is 16.5. The lowest BCUT2D eigenvalue weighted by Crippen LogP contribution is -2.20. The van der Waals surface area contributed by atoms with Crippen LogP contribution in [-0.2, 0) is 19.3 Å². The highest BCUT2D eigenvalue weighted by Gasteiger charge is 2.24. The molecule has 3 N–H and O–H groups in total. The first-order valence-electron chi connectivity index (χ1n) is 10.7. The summed E-state index contributed by atoms with van der Waals surface area (Å²) in [5, 5.41) is 3.61. The largest absolute Gasteiger partial charge is 0.496 e. The van der Waals surface area contributed by atoms with E-state index in [9.17, 15) is 0 Å². The monoisotopic (exact) mass is 382 g/mol. The van der Waals surface area contributed by atoms with Crippen molar-refractivity contribution in [3.8, 4) is 17.0 Å². The van der Waals surface area contributed by atoms with Crippen molar-refractivity contribution in [2.45, 2.75) is 78.3 Å². The third kappa shape index (κ3) is 3.86. The fourth-order valence-electron chi connectivity index (χ4n) is 4.04. The number of hydrogen-bond acceptors (Lipinski definition) is 5. The molecule has 1 atom stereocenters. The maximum Gasteiger partial charge on any atom is 0.148 e.